The number of aliphatic hydroxyl groups is 1. The summed E-state index contributed by atoms with van der Waals surface area (Å²) in [6.45, 7) is 4.24. The first-order valence-corrected chi connectivity index (χ1v) is 8.26. The Labute approximate surface area is 146 Å². The van der Waals surface area contributed by atoms with Gasteiger partial charge in [-0.3, -0.25) is 14.6 Å². The number of aromatic nitrogens is 1. The zero-order chi connectivity index (χ0) is 17.8. The van der Waals surface area contributed by atoms with E-state index in [-0.39, 0.29) is 12.5 Å². The third kappa shape index (κ3) is 3.83. The Hall–Kier alpha value is -2.79. The lowest BCUT2D eigenvalue weighted by Crippen LogP contribution is -2.26. The lowest BCUT2D eigenvalue weighted by Gasteiger charge is -2.11. The number of carbonyl (C=O) groups excluding carboxylic acids is 2. The van der Waals surface area contributed by atoms with Gasteiger partial charge in [0.1, 0.15) is 5.69 Å². The third-order valence-electron chi connectivity index (χ3n) is 4.38. The van der Waals surface area contributed by atoms with E-state index in [4.69, 9.17) is 0 Å². The van der Waals surface area contributed by atoms with Gasteiger partial charge < -0.3 is 10.4 Å². The van der Waals surface area contributed by atoms with Crippen molar-refractivity contribution in [3.63, 3.8) is 0 Å². The van der Waals surface area contributed by atoms with Crippen molar-refractivity contribution in [1.29, 1.82) is 0 Å². The summed E-state index contributed by atoms with van der Waals surface area (Å²) >= 11 is 0. The van der Waals surface area contributed by atoms with Gasteiger partial charge in [-0.2, -0.15) is 0 Å². The van der Waals surface area contributed by atoms with Gasteiger partial charge in [-0.15, -0.1) is 0 Å². The van der Waals surface area contributed by atoms with Crippen LogP contribution < -0.4 is 5.32 Å². The molecule has 1 fully saturated rings. The standard InChI is InChI=1S/C20H20N2O3/c1-2-14-7-17(12-24)18(8-16(14)11-23)15-5-6-19(21-10-15)20(25)22-9-13-3-4-13/h2,5-8,10,12-13,23H,1,3-4,9,11H2,(H,22,25). The summed E-state index contributed by atoms with van der Waals surface area (Å²) in [5.41, 5.74) is 3.62. The van der Waals surface area contributed by atoms with Crippen molar-refractivity contribution in [1.82, 2.24) is 10.3 Å². The predicted molar refractivity (Wildman–Crippen MR) is 96.1 cm³/mol. The van der Waals surface area contributed by atoms with Gasteiger partial charge in [0, 0.05) is 23.9 Å². The summed E-state index contributed by atoms with van der Waals surface area (Å²) in [7, 11) is 0. The van der Waals surface area contributed by atoms with E-state index in [0.717, 1.165) is 11.8 Å². The number of amides is 1. The number of pyridine rings is 1. The summed E-state index contributed by atoms with van der Waals surface area (Å²) in [5.74, 6) is 0.422. The van der Waals surface area contributed by atoms with Crippen LogP contribution in [0.1, 0.15) is 44.8 Å². The van der Waals surface area contributed by atoms with E-state index in [1.54, 1.807) is 36.5 Å². The van der Waals surface area contributed by atoms with Crippen molar-refractivity contribution in [3.05, 3.63) is 59.4 Å². The van der Waals surface area contributed by atoms with Gasteiger partial charge in [0.05, 0.1) is 6.61 Å². The monoisotopic (exact) mass is 336 g/mol. The highest BCUT2D eigenvalue weighted by molar-refractivity contribution is 5.93. The summed E-state index contributed by atoms with van der Waals surface area (Å²) in [4.78, 5) is 27.7. The van der Waals surface area contributed by atoms with Crippen LogP contribution in [0.5, 0.6) is 0 Å². The van der Waals surface area contributed by atoms with Crippen molar-refractivity contribution >= 4 is 18.3 Å². The molecule has 128 valence electrons. The summed E-state index contributed by atoms with van der Waals surface area (Å²) in [5, 5.41) is 12.4. The van der Waals surface area contributed by atoms with Crippen LogP contribution in [0.25, 0.3) is 17.2 Å². The molecule has 5 heteroatoms. The van der Waals surface area contributed by atoms with Crippen molar-refractivity contribution < 1.29 is 14.7 Å². The molecule has 1 amide bonds. The lowest BCUT2D eigenvalue weighted by molar-refractivity contribution is 0.0946. The average Bonchev–Trinajstić information content (AvgIpc) is 3.49. The van der Waals surface area contributed by atoms with Crippen LogP contribution in [-0.4, -0.2) is 28.8 Å². The van der Waals surface area contributed by atoms with E-state index in [0.29, 0.717) is 40.4 Å². The zero-order valence-electron chi connectivity index (χ0n) is 13.9. The maximum atomic E-state index is 12.1. The molecule has 1 aliphatic carbocycles. The third-order valence-corrected chi connectivity index (χ3v) is 4.38. The molecule has 2 N–H and O–H groups in total. The van der Waals surface area contributed by atoms with Crippen LogP contribution in [-0.2, 0) is 6.61 Å². The van der Waals surface area contributed by atoms with Gasteiger partial charge in [-0.25, -0.2) is 0 Å². The van der Waals surface area contributed by atoms with Crippen LogP contribution in [0.15, 0.2) is 37.0 Å². The summed E-state index contributed by atoms with van der Waals surface area (Å²) in [6, 6.07) is 6.85. The van der Waals surface area contributed by atoms with Gasteiger partial charge in [-0.05, 0) is 53.6 Å². The minimum absolute atomic E-state index is 0.150. The number of carbonyl (C=O) groups is 2. The Balaban J connectivity index is 1.87. The fourth-order valence-electron chi connectivity index (χ4n) is 2.69. The second-order valence-corrected chi connectivity index (χ2v) is 6.20. The van der Waals surface area contributed by atoms with E-state index >= 15 is 0 Å². The Morgan fingerprint density at radius 1 is 1.32 bits per heavy atom. The molecule has 1 aromatic carbocycles. The fourth-order valence-corrected chi connectivity index (χ4v) is 2.69. The molecule has 1 aromatic heterocycles. The molecule has 3 rings (SSSR count). The van der Waals surface area contributed by atoms with Crippen molar-refractivity contribution in [2.45, 2.75) is 19.4 Å². The first-order chi connectivity index (χ1) is 12.2. The Morgan fingerprint density at radius 3 is 2.68 bits per heavy atom. The number of aliphatic hydroxyl groups excluding tert-OH is 1. The maximum absolute atomic E-state index is 12.1. The van der Waals surface area contributed by atoms with E-state index in [9.17, 15) is 14.7 Å². The van der Waals surface area contributed by atoms with Crippen molar-refractivity contribution in [2.75, 3.05) is 6.54 Å². The van der Waals surface area contributed by atoms with Crippen LogP contribution in [0.2, 0.25) is 0 Å². The molecule has 5 nitrogen and oxygen atoms in total. The van der Waals surface area contributed by atoms with Gasteiger partial charge >= 0.3 is 0 Å². The molecule has 1 saturated carbocycles. The molecule has 0 unspecified atom stereocenters. The molecule has 0 bridgehead atoms. The molecular formula is C20H20N2O3. The molecule has 1 heterocycles. The first-order valence-electron chi connectivity index (χ1n) is 8.26. The molecule has 0 atom stereocenters. The van der Waals surface area contributed by atoms with E-state index in [2.05, 4.69) is 16.9 Å². The molecule has 0 saturated heterocycles. The van der Waals surface area contributed by atoms with E-state index in [1.807, 2.05) is 0 Å². The normalized spacial score (nSPS) is 13.3. The number of nitrogens with zero attached hydrogens (tertiary/aromatic N) is 1. The largest absolute Gasteiger partial charge is 0.392 e. The smallest absolute Gasteiger partial charge is 0.269 e. The Bertz CT molecular complexity index is 808. The summed E-state index contributed by atoms with van der Waals surface area (Å²) < 4.78 is 0. The fraction of sp³-hybridized carbons (Fsp3) is 0.250. The van der Waals surface area contributed by atoms with Crippen LogP contribution in [0.4, 0.5) is 0 Å². The molecule has 0 radical (unpaired) electrons. The number of aldehydes is 1. The minimum atomic E-state index is -0.188. The second kappa shape index (κ2) is 7.40. The highest BCUT2D eigenvalue weighted by Gasteiger charge is 2.22. The molecular weight excluding hydrogens is 316 g/mol. The molecule has 0 spiro atoms. The van der Waals surface area contributed by atoms with Gasteiger partial charge in [0.15, 0.2) is 6.29 Å². The van der Waals surface area contributed by atoms with Gasteiger partial charge in [0.25, 0.3) is 5.91 Å². The average molecular weight is 336 g/mol. The number of hydrogen-bond donors (Lipinski definition) is 2. The maximum Gasteiger partial charge on any atom is 0.269 e. The van der Waals surface area contributed by atoms with Gasteiger partial charge in [0.2, 0.25) is 0 Å². The Kier molecular flexibility index (Phi) is 5.05. The minimum Gasteiger partial charge on any atom is -0.392 e. The predicted octanol–water partition coefficient (Wildman–Crippen LogP) is 2.84. The molecule has 25 heavy (non-hydrogen) atoms. The second-order valence-electron chi connectivity index (χ2n) is 6.20. The van der Waals surface area contributed by atoms with Crippen molar-refractivity contribution in [3.8, 4) is 11.1 Å². The van der Waals surface area contributed by atoms with E-state index < -0.39 is 0 Å². The lowest BCUT2D eigenvalue weighted by atomic mass is 9.95. The number of hydrogen-bond acceptors (Lipinski definition) is 4. The first kappa shape index (κ1) is 17.0. The number of nitrogens with one attached hydrogen (secondary N) is 1. The zero-order valence-corrected chi connectivity index (χ0v) is 13.9. The van der Waals surface area contributed by atoms with Gasteiger partial charge in [-0.1, -0.05) is 18.7 Å². The summed E-state index contributed by atoms with van der Waals surface area (Å²) in [6.07, 6.45) is 6.29. The van der Waals surface area contributed by atoms with E-state index in [1.165, 1.54) is 12.8 Å². The highest BCUT2D eigenvalue weighted by Crippen LogP contribution is 2.28. The van der Waals surface area contributed by atoms with Crippen LogP contribution in [0, 0.1) is 5.92 Å². The topological polar surface area (TPSA) is 79.3 Å². The molecule has 1 aliphatic rings. The Morgan fingerprint density at radius 2 is 2.12 bits per heavy atom. The highest BCUT2D eigenvalue weighted by atomic mass is 16.3. The number of rotatable bonds is 7. The van der Waals surface area contributed by atoms with Crippen molar-refractivity contribution in [2.24, 2.45) is 5.92 Å². The quantitative estimate of drug-likeness (QED) is 0.762. The SMILES string of the molecule is C=Cc1cc(C=O)c(-c2ccc(C(=O)NCC3CC3)nc2)cc1CO. The van der Waals surface area contributed by atoms with Crippen LogP contribution in [0.3, 0.4) is 0 Å². The van der Waals surface area contributed by atoms with Crippen LogP contribution >= 0.6 is 0 Å². The molecule has 2 aromatic rings. The molecule has 0 aliphatic heterocycles. The number of benzene rings is 1.